The Bertz CT molecular complexity index is 942. The molecule has 1 aliphatic rings. The minimum atomic E-state index is -0.416. The van der Waals surface area contributed by atoms with Crippen LogP contribution in [0, 0.1) is 5.92 Å². The molecule has 6 nitrogen and oxygen atoms in total. The number of para-hydroxylation sites is 1. The number of hydrogen-bond acceptors (Lipinski definition) is 4. The summed E-state index contributed by atoms with van der Waals surface area (Å²) in [5.74, 6) is 1.09. The van der Waals surface area contributed by atoms with E-state index >= 15 is 0 Å². The summed E-state index contributed by atoms with van der Waals surface area (Å²) in [5, 5.41) is 3.15. The van der Waals surface area contributed by atoms with E-state index in [1.54, 1.807) is 31.3 Å². The second-order valence-corrected chi connectivity index (χ2v) is 8.55. The summed E-state index contributed by atoms with van der Waals surface area (Å²) in [5.41, 5.74) is 3.80. The minimum absolute atomic E-state index is 0.0754. The number of nitrogens with one attached hydrogen (secondary N) is 1. The summed E-state index contributed by atoms with van der Waals surface area (Å²) in [6.07, 6.45) is 0.182. The van der Waals surface area contributed by atoms with Gasteiger partial charge in [0.2, 0.25) is 11.8 Å². The van der Waals surface area contributed by atoms with Crippen molar-refractivity contribution in [2.24, 2.45) is 5.92 Å². The lowest BCUT2D eigenvalue weighted by Crippen LogP contribution is -2.28. The van der Waals surface area contributed by atoms with E-state index in [9.17, 15) is 9.59 Å². The molecule has 0 spiro atoms. The van der Waals surface area contributed by atoms with Gasteiger partial charge in [0.25, 0.3) is 0 Å². The zero-order valence-electron chi connectivity index (χ0n) is 19.2. The molecule has 0 aliphatic carbocycles. The van der Waals surface area contributed by atoms with Crippen molar-refractivity contribution < 1.29 is 19.1 Å². The number of methoxy groups -OCH3 is 2. The molecule has 1 N–H and O–H groups in total. The average Bonchev–Trinajstić information content (AvgIpc) is 3.14. The third-order valence-corrected chi connectivity index (χ3v) is 5.80. The predicted molar refractivity (Wildman–Crippen MR) is 123 cm³/mol. The van der Waals surface area contributed by atoms with Crippen LogP contribution in [0.2, 0.25) is 0 Å². The zero-order valence-corrected chi connectivity index (χ0v) is 19.2. The SMILES string of the molecule is COc1ccc(N2CC(C(=O)Nc3c(C(C)C)cccc3C(C)C)CC2=O)cc1OC. The van der Waals surface area contributed by atoms with Gasteiger partial charge < -0.3 is 19.7 Å². The van der Waals surface area contributed by atoms with E-state index in [-0.39, 0.29) is 30.1 Å². The van der Waals surface area contributed by atoms with Gasteiger partial charge in [0.05, 0.1) is 20.1 Å². The predicted octanol–water partition coefficient (Wildman–Crippen LogP) is 4.94. The van der Waals surface area contributed by atoms with E-state index in [4.69, 9.17) is 9.47 Å². The Morgan fingerprint density at radius 2 is 1.61 bits per heavy atom. The van der Waals surface area contributed by atoms with Crippen LogP contribution >= 0.6 is 0 Å². The number of ether oxygens (including phenoxy) is 2. The molecule has 1 heterocycles. The van der Waals surface area contributed by atoms with Crippen LogP contribution in [0.4, 0.5) is 11.4 Å². The van der Waals surface area contributed by atoms with E-state index in [1.807, 2.05) is 12.1 Å². The molecular weight excluding hydrogens is 392 g/mol. The van der Waals surface area contributed by atoms with Crippen LogP contribution in [0.1, 0.15) is 57.1 Å². The maximum atomic E-state index is 13.2. The quantitative estimate of drug-likeness (QED) is 0.683. The van der Waals surface area contributed by atoms with Crippen molar-refractivity contribution in [1.29, 1.82) is 0 Å². The summed E-state index contributed by atoms with van der Waals surface area (Å²) in [7, 11) is 3.13. The summed E-state index contributed by atoms with van der Waals surface area (Å²) < 4.78 is 10.6. The zero-order chi connectivity index (χ0) is 22.7. The van der Waals surface area contributed by atoms with Gasteiger partial charge in [-0.1, -0.05) is 45.9 Å². The highest BCUT2D eigenvalue weighted by Gasteiger charge is 2.36. The maximum Gasteiger partial charge on any atom is 0.229 e. The molecule has 166 valence electrons. The van der Waals surface area contributed by atoms with Crippen molar-refractivity contribution in [3.8, 4) is 11.5 Å². The van der Waals surface area contributed by atoms with Crippen LogP contribution in [0.5, 0.6) is 11.5 Å². The standard InChI is InChI=1S/C25H32N2O4/c1-15(2)19-8-7-9-20(16(3)4)24(19)26-25(29)17-12-23(28)27(14-17)18-10-11-21(30-5)22(13-18)31-6/h7-11,13,15-17H,12,14H2,1-6H3,(H,26,29). The monoisotopic (exact) mass is 424 g/mol. The Morgan fingerprint density at radius 1 is 1.00 bits per heavy atom. The molecule has 31 heavy (non-hydrogen) atoms. The van der Waals surface area contributed by atoms with Crippen LogP contribution < -0.4 is 19.7 Å². The van der Waals surface area contributed by atoms with Gasteiger partial charge in [-0.05, 0) is 35.1 Å². The fourth-order valence-corrected chi connectivity index (χ4v) is 4.05. The van der Waals surface area contributed by atoms with Crippen molar-refractivity contribution in [3.05, 3.63) is 47.5 Å². The Labute approximate surface area is 184 Å². The Morgan fingerprint density at radius 3 is 2.16 bits per heavy atom. The van der Waals surface area contributed by atoms with Gasteiger partial charge >= 0.3 is 0 Å². The molecule has 0 radical (unpaired) electrons. The van der Waals surface area contributed by atoms with Crippen molar-refractivity contribution in [3.63, 3.8) is 0 Å². The van der Waals surface area contributed by atoms with Gasteiger partial charge in [0.15, 0.2) is 11.5 Å². The van der Waals surface area contributed by atoms with E-state index in [0.717, 1.165) is 16.8 Å². The number of rotatable bonds is 7. The van der Waals surface area contributed by atoms with Crippen molar-refractivity contribution in [2.45, 2.75) is 46.0 Å². The number of benzene rings is 2. The Balaban J connectivity index is 1.82. The number of nitrogens with zero attached hydrogens (tertiary/aromatic N) is 1. The van der Waals surface area contributed by atoms with Crippen LogP contribution in [-0.2, 0) is 9.59 Å². The smallest absolute Gasteiger partial charge is 0.229 e. The fraction of sp³-hybridized carbons (Fsp3) is 0.440. The molecule has 3 rings (SSSR count). The second kappa shape index (κ2) is 9.41. The minimum Gasteiger partial charge on any atom is -0.493 e. The number of hydrogen-bond donors (Lipinski definition) is 1. The molecule has 1 atom stereocenters. The highest BCUT2D eigenvalue weighted by Crippen LogP contribution is 2.36. The summed E-state index contributed by atoms with van der Waals surface area (Å²) >= 11 is 0. The lowest BCUT2D eigenvalue weighted by atomic mass is 9.92. The van der Waals surface area contributed by atoms with Gasteiger partial charge in [-0.25, -0.2) is 0 Å². The average molecular weight is 425 g/mol. The number of amides is 2. The van der Waals surface area contributed by atoms with E-state index in [1.165, 1.54) is 0 Å². The first-order chi connectivity index (χ1) is 14.8. The number of anilines is 2. The van der Waals surface area contributed by atoms with Gasteiger partial charge in [0.1, 0.15) is 0 Å². The molecule has 1 aliphatic heterocycles. The summed E-state index contributed by atoms with van der Waals surface area (Å²) in [4.78, 5) is 27.5. The molecule has 1 unspecified atom stereocenters. The molecular formula is C25H32N2O4. The van der Waals surface area contributed by atoms with Gasteiger partial charge in [-0.3, -0.25) is 9.59 Å². The topological polar surface area (TPSA) is 67.9 Å². The van der Waals surface area contributed by atoms with Crippen LogP contribution in [-0.4, -0.2) is 32.6 Å². The van der Waals surface area contributed by atoms with Crippen molar-refractivity contribution in [2.75, 3.05) is 31.0 Å². The molecule has 2 aromatic rings. The second-order valence-electron chi connectivity index (χ2n) is 8.55. The first-order valence-corrected chi connectivity index (χ1v) is 10.7. The molecule has 0 aromatic heterocycles. The molecule has 0 bridgehead atoms. The molecule has 2 aromatic carbocycles. The lowest BCUT2D eigenvalue weighted by Gasteiger charge is -2.22. The first kappa shape index (κ1) is 22.7. The van der Waals surface area contributed by atoms with Crippen LogP contribution in [0.3, 0.4) is 0 Å². The largest absolute Gasteiger partial charge is 0.493 e. The third kappa shape index (κ3) is 4.68. The molecule has 2 amide bonds. The molecule has 6 heteroatoms. The van der Waals surface area contributed by atoms with Gasteiger partial charge in [-0.2, -0.15) is 0 Å². The highest BCUT2D eigenvalue weighted by atomic mass is 16.5. The van der Waals surface area contributed by atoms with Gasteiger partial charge in [-0.15, -0.1) is 0 Å². The number of carbonyl (C=O) groups is 2. The van der Waals surface area contributed by atoms with E-state index < -0.39 is 5.92 Å². The summed E-state index contributed by atoms with van der Waals surface area (Å²) in [6, 6.07) is 11.5. The lowest BCUT2D eigenvalue weighted by molar-refractivity contribution is -0.122. The van der Waals surface area contributed by atoms with Crippen molar-refractivity contribution >= 4 is 23.2 Å². The normalized spacial score (nSPS) is 16.2. The molecule has 0 saturated carbocycles. The van der Waals surface area contributed by atoms with Crippen LogP contribution in [0.25, 0.3) is 0 Å². The number of carbonyl (C=O) groups excluding carboxylic acids is 2. The maximum absolute atomic E-state index is 13.2. The molecule has 1 fully saturated rings. The Kier molecular flexibility index (Phi) is 6.88. The third-order valence-electron chi connectivity index (χ3n) is 5.80. The van der Waals surface area contributed by atoms with E-state index in [2.05, 4.69) is 45.1 Å². The first-order valence-electron chi connectivity index (χ1n) is 10.7. The van der Waals surface area contributed by atoms with Gasteiger partial charge in [0, 0.05) is 30.4 Å². The molecule has 1 saturated heterocycles. The van der Waals surface area contributed by atoms with Crippen LogP contribution in [0.15, 0.2) is 36.4 Å². The van der Waals surface area contributed by atoms with E-state index in [0.29, 0.717) is 23.7 Å². The fourth-order valence-electron chi connectivity index (χ4n) is 4.05. The highest BCUT2D eigenvalue weighted by molar-refractivity contribution is 6.04. The summed E-state index contributed by atoms with van der Waals surface area (Å²) in [6.45, 7) is 8.81. The van der Waals surface area contributed by atoms with Crippen molar-refractivity contribution in [1.82, 2.24) is 0 Å². The Hall–Kier alpha value is -3.02.